The van der Waals surface area contributed by atoms with Crippen LogP contribution in [0.5, 0.6) is 5.75 Å². The molecule has 3 aliphatic carbocycles. The number of hydrogen-bond donors (Lipinski definition) is 1. The fourth-order valence-electron chi connectivity index (χ4n) is 4.33. The first kappa shape index (κ1) is 21.3. The lowest BCUT2D eigenvalue weighted by atomic mass is 9.57. The summed E-state index contributed by atoms with van der Waals surface area (Å²) in [5.41, 5.74) is -0.486. The van der Waals surface area contributed by atoms with E-state index >= 15 is 0 Å². The Morgan fingerprint density at radius 2 is 1.79 bits per heavy atom. The van der Waals surface area contributed by atoms with Crippen LogP contribution in [0.1, 0.15) is 58.3 Å². The largest absolute Gasteiger partial charge is 0.492 e. The number of carbonyl (C=O) groups is 2. The Labute approximate surface area is 176 Å². The maximum Gasteiger partial charge on any atom is 0.312 e. The van der Waals surface area contributed by atoms with Crippen LogP contribution in [0.4, 0.5) is 0 Å². The van der Waals surface area contributed by atoms with Crippen molar-refractivity contribution in [3.05, 3.63) is 28.2 Å². The molecule has 3 saturated carbocycles. The van der Waals surface area contributed by atoms with Gasteiger partial charge in [-0.05, 0) is 70.1 Å². The smallest absolute Gasteiger partial charge is 0.312 e. The summed E-state index contributed by atoms with van der Waals surface area (Å²) in [5, 5.41) is 4.26. The highest BCUT2D eigenvalue weighted by atomic mass is 35.5. The molecule has 0 saturated heterocycles. The van der Waals surface area contributed by atoms with E-state index in [1.54, 1.807) is 18.2 Å². The second-order valence-electron chi connectivity index (χ2n) is 7.86. The summed E-state index contributed by atoms with van der Waals surface area (Å²) in [4.78, 5) is 24.7. The van der Waals surface area contributed by atoms with Gasteiger partial charge in [-0.25, -0.2) is 0 Å². The van der Waals surface area contributed by atoms with Crippen LogP contribution in [0.3, 0.4) is 0 Å². The molecule has 3 aliphatic rings. The van der Waals surface area contributed by atoms with Crippen LogP contribution in [-0.2, 0) is 14.3 Å². The first-order valence-electron chi connectivity index (χ1n) is 9.94. The second kappa shape index (κ2) is 8.91. The van der Waals surface area contributed by atoms with Gasteiger partial charge >= 0.3 is 5.97 Å². The minimum atomic E-state index is -0.325. The molecule has 1 N–H and O–H groups in total. The molecule has 4 rings (SSSR count). The van der Waals surface area contributed by atoms with E-state index in [1.807, 2.05) is 6.92 Å². The van der Waals surface area contributed by atoms with Crippen molar-refractivity contribution in [1.82, 2.24) is 5.32 Å². The highest BCUT2D eigenvalue weighted by Crippen LogP contribution is 2.53. The molecule has 0 heterocycles. The number of halogens is 2. The van der Waals surface area contributed by atoms with E-state index in [9.17, 15) is 9.59 Å². The van der Waals surface area contributed by atoms with E-state index in [0.29, 0.717) is 41.9 Å². The van der Waals surface area contributed by atoms with Crippen molar-refractivity contribution in [1.29, 1.82) is 0 Å². The number of esters is 1. The van der Waals surface area contributed by atoms with Crippen molar-refractivity contribution in [3.8, 4) is 5.75 Å². The van der Waals surface area contributed by atoms with Crippen molar-refractivity contribution in [3.63, 3.8) is 0 Å². The van der Waals surface area contributed by atoms with Gasteiger partial charge < -0.3 is 14.8 Å². The van der Waals surface area contributed by atoms with Crippen LogP contribution in [-0.4, -0.2) is 30.6 Å². The fourth-order valence-corrected chi connectivity index (χ4v) is 4.79. The molecule has 0 spiro atoms. The molecule has 0 unspecified atom stereocenters. The van der Waals surface area contributed by atoms with E-state index in [2.05, 4.69) is 5.32 Å². The van der Waals surface area contributed by atoms with Gasteiger partial charge in [0.15, 0.2) is 0 Å². The predicted molar refractivity (Wildman–Crippen MR) is 109 cm³/mol. The number of fused-ring (bicyclic) bond motifs is 3. The molecule has 1 aromatic carbocycles. The first-order chi connectivity index (χ1) is 13.4. The minimum Gasteiger partial charge on any atom is -0.492 e. The Hall–Kier alpha value is -1.46. The SMILES string of the molecule is CCOC(=O)C12CCC(NC(=O)CCCOc3ccc(Cl)cc3Cl)(CC1)CC2. The topological polar surface area (TPSA) is 64.6 Å². The molecule has 0 radical (unpaired) electrons. The summed E-state index contributed by atoms with van der Waals surface area (Å²) in [6, 6.07) is 5.08. The van der Waals surface area contributed by atoms with Gasteiger partial charge in [0.1, 0.15) is 5.75 Å². The maximum atomic E-state index is 12.4. The molecule has 2 bridgehead atoms. The number of rotatable bonds is 8. The number of hydrogen-bond acceptors (Lipinski definition) is 4. The Balaban J connectivity index is 1.42. The molecule has 0 aliphatic heterocycles. The third kappa shape index (κ3) is 4.74. The van der Waals surface area contributed by atoms with Crippen LogP contribution in [0.25, 0.3) is 0 Å². The van der Waals surface area contributed by atoms with E-state index in [1.165, 1.54) is 0 Å². The van der Waals surface area contributed by atoms with Gasteiger partial charge in [0, 0.05) is 17.0 Å². The zero-order valence-electron chi connectivity index (χ0n) is 16.2. The van der Waals surface area contributed by atoms with Crippen LogP contribution in [0.15, 0.2) is 18.2 Å². The van der Waals surface area contributed by atoms with Gasteiger partial charge in [0.2, 0.25) is 5.91 Å². The van der Waals surface area contributed by atoms with E-state index in [4.69, 9.17) is 32.7 Å². The number of amides is 1. The summed E-state index contributed by atoms with van der Waals surface area (Å²) >= 11 is 11.9. The van der Waals surface area contributed by atoms with Gasteiger partial charge in [-0.2, -0.15) is 0 Å². The summed E-state index contributed by atoms with van der Waals surface area (Å²) in [6.07, 6.45) is 5.92. The van der Waals surface area contributed by atoms with Crippen LogP contribution in [0.2, 0.25) is 10.0 Å². The molecule has 0 aromatic heterocycles. The molecule has 5 nitrogen and oxygen atoms in total. The third-order valence-corrected chi connectivity index (χ3v) is 6.59. The van der Waals surface area contributed by atoms with Gasteiger partial charge in [-0.15, -0.1) is 0 Å². The van der Waals surface area contributed by atoms with Gasteiger partial charge in [0.25, 0.3) is 0 Å². The molecular formula is C21H27Cl2NO4. The number of nitrogens with one attached hydrogen (secondary N) is 1. The lowest BCUT2D eigenvalue weighted by Gasteiger charge is -2.52. The molecule has 154 valence electrons. The number of carbonyl (C=O) groups excluding carboxylic acids is 2. The second-order valence-corrected chi connectivity index (χ2v) is 8.70. The Kier molecular flexibility index (Phi) is 6.77. The Morgan fingerprint density at radius 1 is 1.11 bits per heavy atom. The zero-order chi connectivity index (χ0) is 20.2. The van der Waals surface area contributed by atoms with Gasteiger partial charge in [0.05, 0.1) is 23.7 Å². The number of benzene rings is 1. The molecule has 0 atom stereocenters. The fraction of sp³-hybridized carbons (Fsp3) is 0.619. The minimum absolute atomic E-state index is 0.0383. The normalized spacial score (nSPS) is 26.0. The van der Waals surface area contributed by atoms with Gasteiger partial charge in [-0.3, -0.25) is 9.59 Å². The van der Waals surface area contributed by atoms with Gasteiger partial charge in [-0.1, -0.05) is 23.2 Å². The Morgan fingerprint density at radius 3 is 2.39 bits per heavy atom. The summed E-state index contributed by atoms with van der Waals surface area (Å²) in [5.74, 6) is 0.545. The van der Waals surface area contributed by atoms with Crippen molar-refractivity contribution >= 4 is 35.1 Å². The molecular weight excluding hydrogens is 401 g/mol. The Bertz CT molecular complexity index is 713. The molecule has 3 fully saturated rings. The van der Waals surface area contributed by atoms with Crippen LogP contribution in [0, 0.1) is 5.41 Å². The predicted octanol–water partition coefficient (Wildman–Crippen LogP) is 4.92. The molecule has 1 aromatic rings. The summed E-state index contributed by atoms with van der Waals surface area (Å²) < 4.78 is 10.9. The first-order valence-corrected chi connectivity index (χ1v) is 10.7. The maximum absolute atomic E-state index is 12.4. The zero-order valence-corrected chi connectivity index (χ0v) is 17.7. The average molecular weight is 428 g/mol. The molecule has 7 heteroatoms. The summed E-state index contributed by atoms with van der Waals surface area (Å²) in [7, 11) is 0. The highest BCUT2D eigenvalue weighted by molar-refractivity contribution is 6.35. The van der Waals surface area contributed by atoms with Crippen molar-refractivity contribution in [2.24, 2.45) is 5.41 Å². The lowest BCUT2D eigenvalue weighted by molar-refractivity contribution is -0.163. The number of ether oxygens (including phenoxy) is 2. The van der Waals surface area contributed by atoms with Crippen molar-refractivity contribution in [2.75, 3.05) is 13.2 Å². The molecule has 28 heavy (non-hydrogen) atoms. The highest BCUT2D eigenvalue weighted by Gasteiger charge is 2.53. The van der Waals surface area contributed by atoms with Crippen molar-refractivity contribution < 1.29 is 19.1 Å². The molecule has 1 amide bonds. The monoisotopic (exact) mass is 427 g/mol. The quantitative estimate of drug-likeness (QED) is 0.471. The van der Waals surface area contributed by atoms with Crippen LogP contribution >= 0.6 is 23.2 Å². The van der Waals surface area contributed by atoms with Crippen LogP contribution < -0.4 is 10.1 Å². The van der Waals surface area contributed by atoms with Crippen molar-refractivity contribution in [2.45, 2.75) is 63.8 Å². The standard InChI is InChI=1S/C21H27Cl2NO4/c1-2-27-19(26)20-7-10-21(11-8-20,12-9-20)24-18(25)4-3-13-28-17-6-5-15(22)14-16(17)23/h5-6,14H,2-4,7-13H2,1H3,(H,24,25). The van der Waals surface area contributed by atoms with E-state index in [0.717, 1.165) is 38.5 Å². The van der Waals surface area contributed by atoms with E-state index < -0.39 is 0 Å². The average Bonchev–Trinajstić information content (AvgIpc) is 2.68. The third-order valence-electron chi connectivity index (χ3n) is 6.06. The summed E-state index contributed by atoms with van der Waals surface area (Å²) in [6.45, 7) is 2.68. The lowest BCUT2D eigenvalue weighted by Crippen LogP contribution is -2.58. The van der Waals surface area contributed by atoms with E-state index in [-0.39, 0.29) is 22.8 Å².